The maximum absolute atomic E-state index is 12.8. The molecule has 1 unspecified atom stereocenters. The van der Waals surface area contributed by atoms with Gasteiger partial charge in [0.15, 0.2) is 5.78 Å². The summed E-state index contributed by atoms with van der Waals surface area (Å²) in [6.07, 6.45) is 2.32. The van der Waals surface area contributed by atoms with Crippen LogP contribution in [-0.4, -0.2) is 52.2 Å². The van der Waals surface area contributed by atoms with Gasteiger partial charge in [0.1, 0.15) is 18.2 Å². The number of carbonyl (C=O) groups is 1. The molecule has 0 saturated carbocycles. The minimum atomic E-state index is -3.65. The lowest BCUT2D eigenvalue weighted by molar-refractivity contribution is -0.116. The number of alkyl halides is 2. The first-order chi connectivity index (χ1) is 21.9. The smallest absolute Gasteiger partial charge is 0.355 e. The summed E-state index contributed by atoms with van der Waals surface area (Å²) in [5.41, 5.74) is 4.37. The number of halogens is 4. The van der Waals surface area contributed by atoms with E-state index in [-0.39, 0.29) is 49.3 Å². The summed E-state index contributed by atoms with van der Waals surface area (Å²) in [6.45, 7) is 8.56. The SMILES string of the molecule is CCO/N=C(\CC)C1=C(O)CC(c2c(C)cc(C)cc2C)CC1=O.Cc1nn(-c2cc(NS(C)(=O)=O)c(Cl)cc2Cl)c(=O)n1C(F)F. The Morgan fingerprint density at radius 2 is 1.70 bits per heavy atom. The quantitative estimate of drug-likeness (QED) is 0.178. The molecule has 0 fully saturated rings. The first-order valence-electron chi connectivity index (χ1n) is 14.6. The molecule has 1 atom stereocenters. The molecule has 1 heterocycles. The monoisotopic (exact) mass is 715 g/mol. The number of Topliss-reactive ketones (excluding diaryl/α,β-unsaturated/α-hetero) is 1. The van der Waals surface area contributed by atoms with Gasteiger partial charge in [-0.15, -0.1) is 5.10 Å². The number of aromatic nitrogens is 3. The highest BCUT2D eigenvalue weighted by molar-refractivity contribution is 7.92. The summed E-state index contributed by atoms with van der Waals surface area (Å²) in [5, 5.41) is 18.2. The number of nitrogens with zero attached hydrogens (tertiary/aromatic N) is 4. The van der Waals surface area contributed by atoms with E-state index in [1.165, 1.54) is 35.2 Å². The van der Waals surface area contributed by atoms with Crippen LogP contribution in [0.3, 0.4) is 0 Å². The van der Waals surface area contributed by atoms with Crippen LogP contribution in [-0.2, 0) is 19.7 Å². The normalized spacial score (nSPS) is 15.5. The van der Waals surface area contributed by atoms with Crippen LogP contribution in [0.15, 0.2) is 45.5 Å². The summed E-state index contributed by atoms with van der Waals surface area (Å²) in [4.78, 5) is 29.8. The van der Waals surface area contributed by atoms with Crippen molar-refractivity contribution in [2.45, 2.75) is 73.3 Å². The number of aryl methyl sites for hydroxylation is 4. The number of hydrogen-bond acceptors (Lipinski definition) is 8. The van der Waals surface area contributed by atoms with Gasteiger partial charge in [-0.1, -0.05) is 53.0 Å². The molecule has 0 saturated heterocycles. The summed E-state index contributed by atoms with van der Waals surface area (Å²) < 4.78 is 51.3. The van der Waals surface area contributed by atoms with Crippen LogP contribution < -0.4 is 10.4 Å². The molecule has 1 aliphatic carbocycles. The van der Waals surface area contributed by atoms with E-state index in [2.05, 4.69) is 47.9 Å². The van der Waals surface area contributed by atoms with Gasteiger partial charge in [0, 0.05) is 12.8 Å². The van der Waals surface area contributed by atoms with Crippen LogP contribution in [0.5, 0.6) is 0 Å². The number of hydrogen-bond donors (Lipinski definition) is 2. The molecule has 0 amide bonds. The number of benzene rings is 2. The second kappa shape index (κ2) is 15.4. The molecule has 1 aromatic heterocycles. The Morgan fingerprint density at radius 3 is 2.19 bits per heavy atom. The average molecular weight is 717 g/mol. The van der Waals surface area contributed by atoms with Crippen molar-refractivity contribution < 1.29 is 31.9 Å². The lowest BCUT2D eigenvalue weighted by Gasteiger charge is -2.27. The van der Waals surface area contributed by atoms with Crippen molar-refractivity contribution in [3.63, 3.8) is 0 Å². The van der Waals surface area contributed by atoms with E-state index >= 15 is 0 Å². The molecule has 11 nitrogen and oxygen atoms in total. The second-order valence-corrected chi connectivity index (χ2v) is 13.6. The van der Waals surface area contributed by atoms with Gasteiger partial charge in [-0.25, -0.2) is 17.8 Å². The zero-order valence-corrected chi connectivity index (χ0v) is 29.3. The van der Waals surface area contributed by atoms with Gasteiger partial charge < -0.3 is 9.94 Å². The fourth-order valence-corrected chi connectivity index (χ4v) is 6.66. The molecule has 1 aliphatic rings. The number of sulfonamides is 1. The number of anilines is 1. The summed E-state index contributed by atoms with van der Waals surface area (Å²) in [7, 11) is -3.65. The van der Waals surface area contributed by atoms with Crippen LogP contribution in [0.2, 0.25) is 10.0 Å². The Balaban J connectivity index is 0.000000256. The zero-order valence-electron chi connectivity index (χ0n) is 27.0. The fraction of sp³-hybridized carbons (Fsp3) is 0.419. The maximum Gasteiger partial charge on any atom is 0.355 e. The second-order valence-electron chi connectivity index (χ2n) is 11.0. The molecular weight excluding hydrogens is 679 g/mol. The van der Waals surface area contributed by atoms with Gasteiger partial charge >= 0.3 is 12.2 Å². The molecule has 0 aliphatic heterocycles. The fourth-order valence-electron chi connectivity index (χ4n) is 5.53. The van der Waals surface area contributed by atoms with Gasteiger partial charge in [-0.2, -0.15) is 13.5 Å². The van der Waals surface area contributed by atoms with Crippen molar-refractivity contribution in [2.24, 2.45) is 5.16 Å². The molecule has 0 spiro atoms. The summed E-state index contributed by atoms with van der Waals surface area (Å²) in [6, 6.07) is 6.58. The molecule has 47 heavy (non-hydrogen) atoms. The molecule has 2 N–H and O–H groups in total. The molecule has 4 rings (SSSR count). The third kappa shape index (κ3) is 8.99. The number of allylic oxidation sites excluding steroid dienone is 2. The molecule has 2 aromatic carbocycles. The van der Waals surface area contributed by atoms with Crippen molar-refractivity contribution in [3.05, 3.63) is 84.2 Å². The Morgan fingerprint density at radius 1 is 1.09 bits per heavy atom. The standard InChI is InChI=1S/C20H27NO3.C11H10Cl2F2N4O3S/c1-6-16(21-24-7-2)20-17(22)10-15(11-18(20)23)19-13(4)8-12(3)9-14(19)5;1-5-16-19(11(20)18(5)10(14)15)9-4-8(17-23(2,21)22)6(12)3-7(9)13/h8-9,15,22H,6-7,10-11H2,1-5H3;3-4,10,17H,1-2H3/b21-16+;. The van der Waals surface area contributed by atoms with Crippen LogP contribution in [0, 0.1) is 27.7 Å². The van der Waals surface area contributed by atoms with E-state index < -0.39 is 22.3 Å². The first-order valence-corrected chi connectivity index (χ1v) is 17.2. The number of ketones is 1. The molecule has 0 radical (unpaired) electrons. The van der Waals surface area contributed by atoms with Crippen LogP contribution >= 0.6 is 23.2 Å². The number of rotatable bonds is 9. The van der Waals surface area contributed by atoms with Crippen LogP contribution in [0.25, 0.3) is 5.69 Å². The van der Waals surface area contributed by atoms with Crippen molar-refractivity contribution in [1.82, 2.24) is 14.3 Å². The van der Waals surface area contributed by atoms with Gasteiger partial charge in [0.05, 0.1) is 39.0 Å². The van der Waals surface area contributed by atoms with Crippen molar-refractivity contribution in [1.29, 1.82) is 0 Å². The lowest BCUT2D eigenvalue weighted by Crippen LogP contribution is -2.25. The van der Waals surface area contributed by atoms with Crippen molar-refractivity contribution in [3.8, 4) is 5.69 Å². The van der Waals surface area contributed by atoms with E-state index in [1.54, 1.807) is 0 Å². The predicted octanol–water partition coefficient (Wildman–Crippen LogP) is 7.09. The average Bonchev–Trinajstić information content (AvgIpc) is 3.24. The van der Waals surface area contributed by atoms with Gasteiger partial charge in [-0.05, 0) is 75.8 Å². The maximum atomic E-state index is 12.8. The van der Waals surface area contributed by atoms with E-state index in [1.807, 2.05) is 13.8 Å². The highest BCUT2D eigenvalue weighted by atomic mass is 35.5. The van der Waals surface area contributed by atoms with E-state index in [0.717, 1.165) is 12.3 Å². The minimum Gasteiger partial charge on any atom is -0.511 e. The Bertz CT molecular complexity index is 1880. The number of oxime groups is 1. The summed E-state index contributed by atoms with van der Waals surface area (Å²) in [5.74, 6) is -0.125. The van der Waals surface area contributed by atoms with Gasteiger partial charge in [0.2, 0.25) is 10.0 Å². The van der Waals surface area contributed by atoms with E-state index in [0.29, 0.717) is 41.8 Å². The molecule has 256 valence electrons. The first kappa shape index (κ1) is 37.7. The lowest BCUT2D eigenvalue weighted by atomic mass is 9.78. The zero-order chi connectivity index (χ0) is 35.4. The summed E-state index contributed by atoms with van der Waals surface area (Å²) >= 11 is 11.8. The van der Waals surface area contributed by atoms with Gasteiger partial charge in [0.25, 0.3) is 0 Å². The Hall–Kier alpha value is -3.75. The highest BCUT2D eigenvalue weighted by Crippen LogP contribution is 2.38. The molecular formula is C31H37Cl2F2N5O6S. The largest absolute Gasteiger partial charge is 0.511 e. The minimum absolute atomic E-state index is 0.0204. The molecule has 16 heteroatoms. The Labute approximate surface area is 281 Å². The van der Waals surface area contributed by atoms with E-state index in [4.69, 9.17) is 28.0 Å². The number of aliphatic hydroxyl groups is 1. The van der Waals surface area contributed by atoms with E-state index in [9.17, 15) is 31.9 Å². The number of nitrogens with one attached hydrogen (secondary N) is 1. The number of carbonyl (C=O) groups excluding carboxylic acids is 1. The van der Waals surface area contributed by atoms with Crippen molar-refractivity contribution >= 4 is 50.4 Å². The predicted molar refractivity (Wildman–Crippen MR) is 179 cm³/mol. The molecule has 3 aromatic rings. The van der Waals surface area contributed by atoms with Crippen molar-refractivity contribution in [2.75, 3.05) is 17.6 Å². The Kier molecular flexibility index (Phi) is 12.4. The van der Waals surface area contributed by atoms with Gasteiger partial charge in [-0.3, -0.25) is 9.52 Å². The third-order valence-corrected chi connectivity index (χ3v) is 8.45. The number of aliphatic hydroxyl groups excluding tert-OH is 1. The molecule has 0 bridgehead atoms. The van der Waals surface area contributed by atoms with Crippen LogP contribution in [0.4, 0.5) is 14.5 Å². The van der Waals surface area contributed by atoms with Crippen LogP contribution in [0.1, 0.15) is 73.7 Å². The third-order valence-electron chi connectivity index (χ3n) is 7.25. The highest BCUT2D eigenvalue weighted by Gasteiger charge is 2.32. The topological polar surface area (TPSA) is 145 Å².